The van der Waals surface area contributed by atoms with Gasteiger partial charge in [0.1, 0.15) is 11.1 Å². The lowest BCUT2D eigenvalue weighted by atomic mass is 10.1. The van der Waals surface area contributed by atoms with Gasteiger partial charge in [-0.3, -0.25) is 19.4 Å². The quantitative estimate of drug-likeness (QED) is 0.657. The number of fused-ring (bicyclic) bond motifs is 1. The van der Waals surface area contributed by atoms with Crippen LogP contribution in [0.4, 0.5) is 5.95 Å². The summed E-state index contributed by atoms with van der Waals surface area (Å²) in [4.78, 5) is 42.9. The van der Waals surface area contributed by atoms with E-state index in [9.17, 15) is 14.4 Å². The number of nitrogens with zero attached hydrogens (tertiary/aromatic N) is 3. The predicted octanol–water partition coefficient (Wildman–Crippen LogP) is 0.0244. The third kappa shape index (κ3) is 2.61. The zero-order valence-electron chi connectivity index (χ0n) is 12.2. The Labute approximate surface area is 129 Å². The molecule has 0 unspecified atom stereocenters. The monoisotopic (exact) mass is 311 g/mol. The zero-order chi connectivity index (χ0) is 16.6. The van der Waals surface area contributed by atoms with Crippen LogP contribution in [-0.2, 0) is 13.5 Å². The summed E-state index contributed by atoms with van der Waals surface area (Å²) < 4.78 is 1.27. The number of aromatic nitrogens is 4. The van der Waals surface area contributed by atoms with Gasteiger partial charge in [0, 0.05) is 12.6 Å². The Hall–Kier alpha value is -3.29. The second kappa shape index (κ2) is 5.48. The van der Waals surface area contributed by atoms with Gasteiger partial charge in [-0.05, 0) is 0 Å². The van der Waals surface area contributed by atoms with Crippen LogP contribution in [0.15, 0.2) is 39.9 Å². The summed E-state index contributed by atoms with van der Waals surface area (Å²) in [6, 6.07) is 8.57. The lowest BCUT2D eigenvalue weighted by Crippen LogP contribution is -2.27. The molecule has 0 saturated carbocycles. The molecular weight excluding hydrogens is 298 g/mol. The van der Waals surface area contributed by atoms with Crippen LogP contribution < -0.4 is 16.7 Å². The molecule has 0 amide bonds. The molecule has 0 atom stereocenters. The molecule has 3 rings (SSSR count). The number of anilines is 1. The number of nitrogens with one attached hydrogen (secondary N) is 1. The molecule has 3 aromatic rings. The molecule has 2 heterocycles. The van der Waals surface area contributed by atoms with Crippen molar-refractivity contribution in [2.75, 3.05) is 5.73 Å². The molecule has 0 fully saturated rings. The van der Waals surface area contributed by atoms with Gasteiger partial charge in [-0.25, -0.2) is 4.68 Å². The molecule has 0 aliphatic carbocycles. The van der Waals surface area contributed by atoms with E-state index in [-0.39, 0.29) is 34.9 Å². The summed E-state index contributed by atoms with van der Waals surface area (Å²) in [6.45, 7) is 0. The number of aryl methyl sites for hydroxylation is 1. The smallest absolute Gasteiger partial charge is 0.265 e. The molecule has 2 aromatic heterocycles. The fourth-order valence-corrected chi connectivity index (χ4v) is 2.33. The van der Waals surface area contributed by atoms with Crippen molar-refractivity contribution in [3.05, 3.63) is 62.2 Å². The number of H-pyrrole nitrogens is 1. The number of nitrogens with two attached hydrogens (primary N) is 1. The number of ketones is 1. The first-order chi connectivity index (χ1) is 11.0. The Bertz CT molecular complexity index is 1020. The summed E-state index contributed by atoms with van der Waals surface area (Å²) >= 11 is 0. The van der Waals surface area contributed by atoms with Crippen molar-refractivity contribution in [1.82, 2.24) is 19.7 Å². The molecule has 0 bridgehead atoms. The van der Waals surface area contributed by atoms with Crippen molar-refractivity contribution in [3.63, 3.8) is 0 Å². The average Bonchev–Trinajstić information content (AvgIpc) is 2.52. The highest BCUT2D eigenvalue weighted by Gasteiger charge is 2.17. The van der Waals surface area contributed by atoms with Crippen LogP contribution in [0.1, 0.15) is 16.1 Å². The van der Waals surface area contributed by atoms with Crippen molar-refractivity contribution in [2.24, 2.45) is 7.05 Å². The summed E-state index contributed by atoms with van der Waals surface area (Å²) in [6.07, 6.45) is -0.198. The van der Waals surface area contributed by atoms with Crippen molar-refractivity contribution >= 4 is 22.8 Å². The molecule has 1 aromatic carbocycles. The van der Waals surface area contributed by atoms with Crippen LogP contribution in [0.3, 0.4) is 0 Å². The maximum atomic E-state index is 12.5. The van der Waals surface area contributed by atoms with E-state index in [2.05, 4.69) is 15.1 Å². The largest absolute Gasteiger partial charge is 0.369 e. The third-order valence-electron chi connectivity index (χ3n) is 3.41. The number of carbonyl (C=O) groups excluding carboxylic acids is 1. The van der Waals surface area contributed by atoms with Crippen LogP contribution in [0, 0.1) is 0 Å². The van der Waals surface area contributed by atoms with Crippen molar-refractivity contribution in [3.8, 4) is 0 Å². The lowest BCUT2D eigenvalue weighted by molar-refractivity contribution is 0.0991. The topological polar surface area (TPSA) is 124 Å². The van der Waals surface area contributed by atoms with Crippen LogP contribution in [0.25, 0.3) is 11.0 Å². The molecule has 3 N–H and O–H groups in total. The van der Waals surface area contributed by atoms with E-state index in [0.29, 0.717) is 5.56 Å². The van der Waals surface area contributed by atoms with Crippen LogP contribution >= 0.6 is 0 Å². The van der Waals surface area contributed by atoms with E-state index >= 15 is 0 Å². The Balaban J connectivity index is 2.13. The number of hydrogen-bond donors (Lipinski definition) is 2. The van der Waals surface area contributed by atoms with E-state index in [4.69, 9.17) is 5.73 Å². The van der Waals surface area contributed by atoms with E-state index < -0.39 is 11.0 Å². The minimum Gasteiger partial charge on any atom is -0.369 e. The van der Waals surface area contributed by atoms with E-state index in [1.54, 1.807) is 30.3 Å². The number of nitrogen functional groups attached to an aromatic ring is 1. The third-order valence-corrected chi connectivity index (χ3v) is 3.41. The lowest BCUT2D eigenvalue weighted by Gasteiger charge is -2.07. The number of Topliss-reactive ketones (excluding diaryl/α,β-unsaturated/α-hetero) is 1. The Morgan fingerprint density at radius 2 is 1.96 bits per heavy atom. The molecule has 0 saturated heterocycles. The fourth-order valence-electron chi connectivity index (χ4n) is 2.33. The molecular formula is C15H13N5O3. The minimum absolute atomic E-state index is 0.00840. The molecule has 23 heavy (non-hydrogen) atoms. The Morgan fingerprint density at radius 3 is 2.65 bits per heavy atom. The van der Waals surface area contributed by atoms with Gasteiger partial charge >= 0.3 is 0 Å². The highest BCUT2D eigenvalue weighted by Crippen LogP contribution is 2.06. The normalized spacial score (nSPS) is 10.8. The van der Waals surface area contributed by atoms with Gasteiger partial charge in [-0.2, -0.15) is 10.1 Å². The van der Waals surface area contributed by atoms with Gasteiger partial charge in [0.05, 0.1) is 6.42 Å². The standard InChI is InChI=1S/C15H13N5O3/c1-20-13-11(14(23)18-15(16)17-13)12(22)9(19-20)7-10(21)8-5-3-2-4-6-8/h2-6H,7H2,1H3,(H3,16,17,18,23). The van der Waals surface area contributed by atoms with Crippen molar-refractivity contribution < 1.29 is 4.79 Å². The van der Waals surface area contributed by atoms with Crippen LogP contribution in [-0.4, -0.2) is 25.5 Å². The summed E-state index contributed by atoms with van der Waals surface area (Å²) in [7, 11) is 1.53. The van der Waals surface area contributed by atoms with Gasteiger partial charge in [0.2, 0.25) is 11.4 Å². The molecule has 0 spiro atoms. The van der Waals surface area contributed by atoms with E-state index in [1.807, 2.05) is 0 Å². The minimum atomic E-state index is -0.649. The molecule has 116 valence electrons. The fraction of sp³-hybridized carbons (Fsp3) is 0.133. The first kappa shape index (κ1) is 14.6. The maximum Gasteiger partial charge on any atom is 0.265 e. The number of benzene rings is 1. The van der Waals surface area contributed by atoms with Crippen LogP contribution in [0.5, 0.6) is 0 Å². The maximum absolute atomic E-state index is 12.5. The highest BCUT2D eigenvalue weighted by atomic mass is 16.1. The van der Waals surface area contributed by atoms with Gasteiger partial charge in [-0.15, -0.1) is 0 Å². The Kier molecular flexibility index (Phi) is 3.49. The summed E-state index contributed by atoms with van der Waals surface area (Å²) in [5.41, 5.74) is 4.75. The van der Waals surface area contributed by atoms with E-state index in [0.717, 1.165) is 0 Å². The first-order valence-electron chi connectivity index (χ1n) is 6.81. The number of rotatable bonds is 3. The average molecular weight is 311 g/mol. The van der Waals surface area contributed by atoms with Crippen LogP contribution in [0.2, 0.25) is 0 Å². The van der Waals surface area contributed by atoms with Crippen molar-refractivity contribution in [2.45, 2.75) is 6.42 Å². The molecule has 0 aliphatic rings. The first-order valence-corrected chi connectivity index (χ1v) is 6.81. The Morgan fingerprint density at radius 1 is 1.26 bits per heavy atom. The highest BCUT2D eigenvalue weighted by molar-refractivity contribution is 5.97. The van der Waals surface area contributed by atoms with Gasteiger partial charge in [0.15, 0.2) is 11.4 Å². The molecule has 0 aliphatic heterocycles. The van der Waals surface area contributed by atoms with Gasteiger partial charge in [-0.1, -0.05) is 30.3 Å². The van der Waals surface area contributed by atoms with E-state index in [1.165, 1.54) is 11.7 Å². The second-order valence-electron chi connectivity index (χ2n) is 5.02. The number of carbonyl (C=O) groups is 1. The summed E-state index contributed by atoms with van der Waals surface area (Å²) in [5, 5.41) is 3.90. The SMILES string of the molecule is Cn1nc(CC(=O)c2ccccc2)c(=O)c2c(=O)[nH]c(N)nc21. The second-order valence-corrected chi connectivity index (χ2v) is 5.02. The molecule has 8 nitrogen and oxygen atoms in total. The molecule has 0 radical (unpaired) electrons. The number of hydrogen-bond acceptors (Lipinski definition) is 6. The molecule has 8 heteroatoms. The van der Waals surface area contributed by atoms with Gasteiger partial charge < -0.3 is 5.73 Å². The van der Waals surface area contributed by atoms with Crippen molar-refractivity contribution in [1.29, 1.82) is 0 Å². The number of aromatic amines is 1. The predicted molar refractivity (Wildman–Crippen MR) is 84.3 cm³/mol. The zero-order valence-corrected chi connectivity index (χ0v) is 12.2. The summed E-state index contributed by atoms with van der Waals surface area (Å²) in [5.74, 6) is -0.359. The van der Waals surface area contributed by atoms with Gasteiger partial charge in [0.25, 0.3) is 5.56 Å².